The molecule has 0 spiro atoms. The number of hydrogen-bond acceptors (Lipinski definition) is 3. The fourth-order valence-corrected chi connectivity index (χ4v) is 1.01. The van der Waals surface area contributed by atoms with E-state index in [1.54, 1.807) is 0 Å². The Morgan fingerprint density at radius 1 is 1.64 bits per heavy atom. The first kappa shape index (κ1) is 8.42. The predicted octanol–water partition coefficient (Wildman–Crippen LogP) is 1.59. The minimum Gasteiger partial charge on any atom is -0.478 e. The first-order chi connectivity index (χ1) is 5.11. The summed E-state index contributed by atoms with van der Waals surface area (Å²) in [6.07, 6.45) is 0. The second kappa shape index (κ2) is 3.15. The molecule has 0 amide bonds. The summed E-state index contributed by atoms with van der Waals surface area (Å²) in [7, 11) is 0. The molecule has 0 saturated heterocycles. The monoisotopic (exact) mass is 236 g/mol. The van der Waals surface area contributed by atoms with Crippen LogP contribution in [0.2, 0.25) is 5.15 Å². The van der Waals surface area contributed by atoms with Crippen molar-refractivity contribution in [3.05, 3.63) is 21.4 Å². The molecule has 1 rings (SSSR count). The highest BCUT2D eigenvalue weighted by molar-refractivity contribution is 9.10. The number of carboxylic acid groups (broad SMARTS) is 1. The molecule has 1 N–H and O–H groups in total. The highest BCUT2D eigenvalue weighted by Crippen LogP contribution is 2.15. The van der Waals surface area contributed by atoms with Crippen LogP contribution in [-0.4, -0.2) is 21.3 Å². The molecule has 0 aliphatic heterocycles. The minimum absolute atomic E-state index is 0.00463. The van der Waals surface area contributed by atoms with E-state index in [1.807, 2.05) is 0 Å². The summed E-state index contributed by atoms with van der Waals surface area (Å²) in [6, 6.07) is 1.22. The smallest absolute Gasteiger partial charge is 0.338 e. The van der Waals surface area contributed by atoms with E-state index in [-0.39, 0.29) is 15.3 Å². The van der Waals surface area contributed by atoms with Crippen LogP contribution >= 0.6 is 27.5 Å². The predicted molar refractivity (Wildman–Crippen MR) is 41.7 cm³/mol. The lowest BCUT2D eigenvalue weighted by Crippen LogP contribution is -2.00. The van der Waals surface area contributed by atoms with Crippen LogP contribution in [0.4, 0.5) is 0 Å². The fourth-order valence-electron chi connectivity index (χ4n) is 0.503. The lowest BCUT2D eigenvalue weighted by molar-refractivity contribution is 0.0695. The Balaban J connectivity index is 3.23. The van der Waals surface area contributed by atoms with Crippen LogP contribution in [0.1, 0.15) is 10.4 Å². The van der Waals surface area contributed by atoms with Gasteiger partial charge in [-0.05, 0) is 22.0 Å². The van der Waals surface area contributed by atoms with Crippen LogP contribution in [0.15, 0.2) is 10.7 Å². The van der Waals surface area contributed by atoms with Crippen molar-refractivity contribution in [1.82, 2.24) is 10.2 Å². The standard InChI is InChI=1S/C5H2BrClN2O2/c6-4-2(5(10)11)1-3(7)8-9-4/h1H,(H,10,11). The topological polar surface area (TPSA) is 63.1 Å². The summed E-state index contributed by atoms with van der Waals surface area (Å²) in [6.45, 7) is 0. The first-order valence-corrected chi connectivity index (χ1v) is 3.70. The van der Waals surface area contributed by atoms with E-state index < -0.39 is 5.97 Å². The second-order valence-corrected chi connectivity index (χ2v) is 2.82. The molecule has 4 nitrogen and oxygen atoms in total. The summed E-state index contributed by atoms with van der Waals surface area (Å²) in [5.41, 5.74) is 0.00463. The van der Waals surface area contributed by atoms with Crippen molar-refractivity contribution in [2.45, 2.75) is 0 Å². The number of aromatic carboxylic acids is 1. The quantitative estimate of drug-likeness (QED) is 0.805. The first-order valence-electron chi connectivity index (χ1n) is 2.53. The van der Waals surface area contributed by atoms with Gasteiger partial charge < -0.3 is 5.11 Å². The molecule has 58 valence electrons. The molecule has 0 unspecified atom stereocenters. The van der Waals surface area contributed by atoms with Gasteiger partial charge in [-0.25, -0.2) is 4.79 Å². The van der Waals surface area contributed by atoms with Gasteiger partial charge in [0.15, 0.2) is 5.15 Å². The highest BCUT2D eigenvalue weighted by Gasteiger charge is 2.10. The van der Waals surface area contributed by atoms with Gasteiger partial charge in [-0.15, -0.1) is 10.2 Å². The van der Waals surface area contributed by atoms with Crippen molar-refractivity contribution in [3.63, 3.8) is 0 Å². The number of carboxylic acids is 1. The van der Waals surface area contributed by atoms with Crippen LogP contribution in [0.3, 0.4) is 0 Å². The van der Waals surface area contributed by atoms with Crippen molar-refractivity contribution >= 4 is 33.5 Å². The van der Waals surface area contributed by atoms with E-state index >= 15 is 0 Å². The molecule has 6 heteroatoms. The second-order valence-electron chi connectivity index (χ2n) is 1.68. The molecule has 1 aromatic rings. The van der Waals surface area contributed by atoms with E-state index in [2.05, 4.69) is 26.1 Å². The number of rotatable bonds is 1. The fraction of sp³-hybridized carbons (Fsp3) is 0. The minimum atomic E-state index is -1.09. The third-order valence-electron chi connectivity index (χ3n) is 0.949. The van der Waals surface area contributed by atoms with Gasteiger partial charge in [0.05, 0.1) is 5.56 Å². The molecule has 0 fully saturated rings. The molecular formula is C5H2BrClN2O2. The lowest BCUT2D eigenvalue weighted by Gasteiger charge is -1.95. The SMILES string of the molecule is O=C(O)c1cc(Cl)nnc1Br. The Hall–Kier alpha value is -0.680. The maximum atomic E-state index is 10.4. The molecule has 0 aromatic carbocycles. The van der Waals surface area contributed by atoms with Crippen LogP contribution in [0, 0.1) is 0 Å². The van der Waals surface area contributed by atoms with Crippen LogP contribution in [-0.2, 0) is 0 Å². The molecule has 11 heavy (non-hydrogen) atoms. The lowest BCUT2D eigenvalue weighted by atomic mass is 10.3. The van der Waals surface area contributed by atoms with Crippen molar-refractivity contribution in [3.8, 4) is 0 Å². The maximum Gasteiger partial charge on any atom is 0.338 e. The summed E-state index contributed by atoms with van der Waals surface area (Å²) in [5.74, 6) is -1.09. The van der Waals surface area contributed by atoms with Crippen LogP contribution < -0.4 is 0 Å². The molecule has 0 atom stereocenters. The van der Waals surface area contributed by atoms with E-state index in [1.165, 1.54) is 6.07 Å². The van der Waals surface area contributed by atoms with Crippen molar-refractivity contribution < 1.29 is 9.90 Å². The number of hydrogen-bond donors (Lipinski definition) is 1. The summed E-state index contributed by atoms with van der Waals surface area (Å²) in [4.78, 5) is 10.4. The zero-order chi connectivity index (χ0) is 8.43. The normalized spacial score (nSPS) is 9.64. The van der Waals surface area contributed by atoms with Gasteiger partial charge in [0.25, 0.3) is 0 Å². The molecule has 0 aliphatic carbocycles. The van der Waals surface area contributed by atoms with E-state index in [4.69, 9.17) is 16.7 Å². The Kier molecular flexibility index (Phi) is 2.41. The molecule has 0 radical (unpaired) electrons. The van der Waals surface area contributed by atoms with Gasteiger partial charge in [0, 0.05) is 0 Å². The maximum absolute atomic E-state index is 10.4. The number of carbonyl (C=O) groups is 1. The highest BCUT2D eigenvalue weighted by atomic mass is 79.9. The van der Waals surface area contributed by atoms with Gasteiger partial charge in [-0.1, -0.05) is 11.6 Å². The zero-order valence-corrected chi connectivity index (χ0v) is 7.43. The Morgan fingerprint density at radius 2 is 2.27 bits per heavy atom. The Bertz CT molecular complexity index is 305. The van der Waals surface area contributed by atoms with E-state index in [0.717, 1.165) is 0 Å². The van der Waals surface area contributed by atoms with Gasteiger partial charge in [0.2, 0.25) is 0 Å². The van der Waals surface area contributed by atoms with Crippen LogP contribution in [0.5, 0.6) is 0 Å². The van der Waals surface area contributed by atoms with Crippen LogP contribution in [0.25, 0.3) is 0 Å². The summed E-state index contributed by atoms with van der Waals surface area (Å²) in [5, 5.41) is 15.5. The molecule has 0 bridgehead atoms. The third kappa shape index (κ3) is 1.87. The van der Waals surface area contributed by atoms with Crippen molar-refractivity contribution in [2.75, 3.05) is 0 Å². The van der Waals surface area contributed by atoms with Gasteiger partial charge in [-0.3, -0.25) is 0 Å². The molecule has 0 saturated carbocycles. The zero-order valence-electron chi connectivity index (χ0n) is 5.08. The summed E-state index contributed by atoms with van der Waals surface area (Å²) < 4.78 is 0.175. The molecule has 1 heterocycles. The molecule has 1 aromatic heterocycles. The molecular weight excluding hydrogens is 235 g/mol. The van der Waals surface area contributed by atoms with E-state index in [0.29, 0.717) is 0 Å². The average Bonchev–Trinajstić information content (AvgIpc) is 1.94. The summed E-state index contributed by atoms with van der Waals surface area (Å²) >= 11 is 8.32. The number of nitrogens with zero attached hydrogens (tertiary/aromatic N) is 2. The molecule has 0 aliphatic rings. The third-order valence-corrected chi connectivity index (χ3v) is 1.72. The largest absolute Gasteiger partial charge is 0.478 e. The Morgan fingerprint density at radius 3 is 2.73 bits per heavy atom. The number of halogens is 2. The van der Waals surface area contributed by atoms with E-state index in [9.17, 15) is 4.79 Å². The Labute approximate surface area is 75.3 Å². The van der Waals surface area contributed by atoms with Gasteiger partial charge in [-0.2, -0.15) is 0 Å². The van der Waals surface area contributed by atoms with Crippen molar-refractivity contribution in [2.24, 2.45) is 0 Å². The van der Waals surface area contributed by atoms with Gasteiger partial charge >= 0.3 is 5.97 Å². The number of aromatic nitrogens is 2. The van der Waals surface area contributed by atoms with Crippen molar-refractivity contribution in [1.29, 1.82) is 0 Å². The van der Waals surface area contributed by atoms with Gasteiger partial charge in [0.1, 0.15) is 4.60 Å². The average molecular weight is 237 g/mol.